The molecule has 1 atom stereocenters. The topological polar surface area (TPSA) is 142 Å². The van der Waals surface area contributed by atoms with Crippen LogP contribution in [0.3, 0.4) is 0 Å². The van der Waals surface area contributed by atoms with Crippen LogP contribution >= 0.6 is 0 Å². The van der Waals surface area contributed by atoms with Gasteiger partial charge in [-0.25, -0.2) is 29.0 Å². The molecule has 18 heavy (non-hydrogen) atoms. The lowest BCUT2D eigenvalue weighted by Crippen LogP contribution is -2.34. The maximum atomic E-state index is 11.1. The zero-order chi connectivity index (χ0) is 13.7. The minimum Gasteiger partial charge on any atom is -0.476 e. The molecule has 1 rings (SSSR count). The van der Waals surface area contributed by atoms with Gasteiger partial charge < -0.3 is 14.6 Å². The number of hydrogen-bond acceptors (Lipinski definition) is 9. The van der Waals surface area contributed by atoms with Gasteiger partial charge in [0, 0.05) is 0 Å². The SMILES string of the molecule is O=C1CCC(=O)OC(C(=O)O)OC(=O)C(=O)OO1. The van der Waals surface area contributed by atoms with Gasteiger partial charge in [0.1, 0.15) is 0 Å². The minimum absolute atomic E-state index is 0.521. The van der Waals surface area contributed by atoms with Crippen molar-refractivity contribution in [1.82, 2.24) is 0 Å². The Kier molecular flexibility index (Phi) is 4.18. The molecule has 0 aromatic carbocycles. The number of carbonyl (C=O) groups is 5. The summed E-state index contributed by atoms with van der Waals surface area (Å²) in [5.74, 6) is -7.59. The van der Waals surface area contributed by atoms with Gasteiger partial charge in [-0.15, -0.1) is 0 Å². The van der Waals surface area contributed by atoms with Gasteiger partial charge >= 0.3 is 36.1 Å². The highest BCUT2D eigenvalue weighted by Gasteiger charge is 2.32. The summed E-state index contributed by atoms with van der Waals surface area (Å²) in [7, 11) is 0. The van der Waals surface area contributed by atoms with Crippen LogP contribution in [-0.2, 0) is 43.2 Å². The monoisotopic (exact) mass is 262 g/mol. The van der Waals surface area contributed by atoms with E-state index >= 15 is 0 Å². The Labute approximate surface area is 98.3 Å². The van der Waals surface area contributed by atoms with Crippen LogP contribution in [0.2, 0.25) is 0 Å². The lowest BCUT2D eigenvalue weighted by molar-refractivity contribution is -0.260. The van der Waals surface area contributed by atoms with Crippen molar-refractivity contribution in [1.29, 1.82) is 0 Å². The number of carboxylic acids is 1. The number of carboxylic acid groups (broad SMARTS) is 1. The lowest BCUT2D eigenvalue weighted by atomic mass is 10.3. The van der Waals surface area contributed by atoms with Crippen LogP contribution in [-0.4, -0.2) is 41.2 Å². The summed E-state index contributed by atoms with van der Waals surface area (Å²) in [6, 6.07) is 0. The van der Waals surface area contributed by atoms with Crippen LogP contribution in [0.1, 0.15) is 12.8 Å². The molecule has 10 heteroatoms. The van der Waals surface area contributed by atoms with Gasteiger partial charge in [-0.05, 0) is 0 Å². The molecule has 1 saturated heterocycles. The fourth-order valence-corrected chi connectivity index (χ4v) is 0.813. The molecule has 0 amide bonds. The van der Waals surface area contributed by atoms with Crippen molar-refractivity contribution in [2.75, 3.05) is 0 Å². The average Bonchev–Trinajstić information content (AvgIpc) is 2.32. The molecule has 0 aromatic rings. The summed E-state index contributed by atoms with van der Waals surface area (Å²) in [5.41, 5.74) is 0. The molecule has 1 heterocycles. The third-order valence-electron chi connectivity index (χ3n) is 1.56. The number of cyclic esters (lactones) is 2. The van der Waals surface area contributed by atoms with Crippen molar-refractivity contribution >= 4 is 29.8 Å². The van der Waals surface area contributed by atoms with Gasteiger partial charge in [0.2, 0.25) is 0 Å². The summed E-state index contributed by atoms with van der Waals surface area (Å²) in [6.07, 6.45) is -3.35. The fourth-order valence-electron chi connectivity index (χ4n) is 0.813. The second kappa shape index (κ2) is 5.61. The highest BCUT2D eigenvalue weighted by molar-refractivity contribution is 6.29. The van der Waals surface area contributed by atoms with Gasteiger partial charge in [-0.2, -0.15) is 0 Å². The Morgan fingerprint density at radius 1 is 0.944 bits per heavy atom. The molecule has 1 aliphatic heterocycles. The smallest absolute Gasteiger partial charge is 0.463 e. The molecule has 1 aliphatic rings. The third kappa shape index (κ3) is 3.73. The van der Waals surface area contributed by atoms with Crippen LogP contribution in [0, 0.1) is 0 Å². The Hall–Kier alpha value is -2.65. The predicted octanol–water partition coefficient (Wildman–Crippen LogP) is -1.72. The second-order valence-electron chi connectivity index (χ2n) is 2.89. The van der Waals surface area contributed by atoms with E-state index in [1.807, 2.05) is 0 Å². The normalized spacial score (nSPS) is 21.9. The van der Waals surface area contributed by atoms with E-state index < -0.39 is 49.0 Å². The first-order valence-corrected chi connectivity index (χ1v) is 4.44. The van der Waals surface area contributed by atoms with Gasteiger partial charge in [0.15, 0.2) is 0 Å². The van der Waals surface area contributed by atoms with E-state index in [1.54, 1.807) is 0 Å². The number of hydrogen-bond donors (Lipinski definition) is 1. The van der Waals surface area contributed by atoms with E-state index in [-0.39, 0.29) is 0 Å². The van der Waals surface area contributed by atoms with Crippen molar-refractivity contribution in [3.8, 4) is 0 Å². The van der Waals surface area contributed by atoms with E-state index in [9.17, 15) is 24.0 Å². The van der Waals surface area contributed by atoms with Gasteiger partial charge in [-0.3, -0.25) is 4.79 Å². The Morgan fingerprint density at radius 3 is 2.17 bits per heavy atom. The average molecular weight is 262 g/mol. The third-order valence-corrected chi connectivity index (χ3v) is 1.56. The molecule has 98 valence electrons. The zero-order valence-corrected chi connectivity index (χ0v) is 8.61. The molecule has 0 saturated carbocycles. The molecule has 1 unspecified atom stereocenters. The standard InChI is InChI=1S/C8H6O10/c9-3-1-2-4(10)17-18-7(14)6(13)16-8(15-3)5(11)12/h8H,1-2H2,(H,11,12). The number of aliphatic carboxylic acids is 1. The van der Waals surface area contributed by atoms with Crippen molar-refractivity contribution < 1.29 is 48.3 Å². The van der Waals surface area contributed by atoms with Crippen molar-refractivity contribution in [2.24, 2.45) is 0 Å². The number of carbonyl (C=O) groups excluding carboxylic acids is 4. The van der Waals surface area contributed by atoms with Crippen molar-refractivity contribution in [3.63, 3.8) is 0 Å². The largest absolute Gasteiger partial charge is 0.476 e. The van der Waals surface area contributed by atoms with Crippen LogP contribution in [0.25, 0.3) is 0 Å². The number of rotatable bonds is 1. The zero-order valence-electron chi connectivity index (χ0n) is 8.61. The quantitative estimate of drug-likeness (QED) is 0.329. The van der Waals surface area contributed by atoms with E-state index in [0.29, 0.717) is 0 Å². The second-order valence-corrected chi connectivity index (χ2v) is 2.89. The lowest BCUT2D eigenvalue weighted by Gasteiger charge is -2.12. The molecule has 0 aliphatic carbocycles. The van der Waals surface area contributed by atoms with Crippen molar-refractivity contribution in [2.45, 2.75) is 19.1 Å². The van der Waals surface area contributed by atoms with Gasteiger partial charge in [-0.1, -0.05) is 0 Å². The van der Waals surface area contributed by atoms with E-state index in [4.69, 9.17) is 5.11 Å². The predicted molar refractivity (Wildman–Crippen MR) is 45.0 cm³/mol. The molecule has 0 aromatic heterocycles. The van der Waals surface area contributed by atoms with Crippen LogP contribution < -0.4 is 0 Å². The van der Waals surface area contributed by atoms with Crippen molar-refractivity contribution in [3.05, 3.63) is 0 Å². The van der Waals surface area contributed by atoms with Gasteiger partial charge in [0.05, 0.1) is 12.8 Å². The summed E-state index contributed by atoms with van der Waals surface area (Å²) in [5, 5.41) is 8.56. The fraction of sp³-hybridized carbons (Fsp3) is 0.375. The Bertz CT molecular complexity index is 410. The summed E-state index contributed by atoms with van der Waals surface area (Å²) in [6.45, 7) is 0. The first-order valence-electron chi connectivity index (χ1n) is 4.44. The van der Waals surface area contributed by atoms with Gasteiger partial charge in [0.25, 0.3) is 0 Å². The first-order chi connectivity index (χ1) is 8.40. The number of ether oxygens (including phenoxy) is 2. The van der Waals surface area contributed by atoms with E-state index in [1.165, 1.54) is 0 Å². The van der Waals surface area contributed by atoms with Crippen LogP contribution in [0.15, 0.2) is 0 Å². The maximum absolute atomic E-state index is 11.1. The van der Waals surface area contributed by atoms with E-state index in [2.05, 4.69) is 19.2 Å². The molecule has 0 bridgehead atoms. The van der Waals surface area contributed by atoms with Crippen LogP contribution in [0.4, 0.5) is 0 Å². The molecular formula is C8H6O10. The maximum Gasteiger partial charge on any atom is 0.463 e. The highest BCUT2D eigenvalue weighted by atomic mass is 17.2. The number of esters is 2. The highest BCUT2D eigenvalue weighted by Crippen LogP contribution is 2.05. The molecule has 10 nitrogen and oxygen atoms in total. The molecular weight excluding hydrogens is 256 g/mol. The molecule has 1 fully saturated rings. The van der Waals surface area contributed by atoms with Crippen LogP contribution in [0.5, 0.6) is 0 Å². The first kappa shape index (κ1) is 13.4. The Morgan fingerprint density at radius 2 is 1.56 bits per heavy atom. The summed E-state index contributed by atoms with van der Waals surface area (Å²) >= 11 is 0. The molecule has 0 spiro atoms. The molecule has 1 N–H and O–H groups in total. The Balaban J connectivity index is 2.84. The summed E-state index contributed by atoms with van der Waals surface area (Å²) in [4.78, 5) is 61.8. The molecule has 0 radical (unpaired) electrons. The van der Waals surface area contributed by atoms with E-state index in [0.717, 1.165) is 0 Å². The summed E-state index contributed by atoms with van der Waals surface area (Å²) < 4.78 is 8.23. The minimum atomic E-state index is -2.30.